The van der Waals surface area contributed by atoms with E-state index in [0.717, 1.165) is 11.4 Å². The van der Waals surface area contributed by atoms with E-state index in [9.17, 15) is 4.79 Å². The van der Waals surface area contributed by atoms with Crippen LogP contribution < -0.4 is 10.1 Å². The second-order valence-corrected chi connectivity index (χ2v) is 5.98. The minimum absolute atomic E-state index is 0.0419. The number of thiophene rings is 1. The van der Waals surface area contributed by atoms with Gasteiger partial charge < -0.3 is 9.64 Å². The van der Waals surface area contributed by atoms with Gasteiger partial charge in [-0.05, 0) is 17.5 Å². The number of carbonyl (C=O) groups excluding carboxylic acids is 1. The molecule has 1 atom stereocenters. The Morgan fingerprint density at radius 1 is 1.47 bits per heavy atom. The van der Waals surface area contributed by atoms with Crippen molar-refractivity contribution in [3.8, 4) is 5.19 Å². The minimum atomic E-state index is -0.0623. The van der Waals surface area contributed by atoms with Crippen LogP contribution in [0, 0.1) is 0 Å². The summed E-state index contributed by atoms with van der Waals surface area (Å²) in [6, 6.07) is 3.74. The summed E-state index contributed by atoms with van der Waals surface area (Å²) in [5.74, 6) is 0. The summed E-state index contributed by atoms with van der Waals surface area (Å²) < 4.78 is 5.72. The van der Waals surface area contributed by atoms with E-state index in [1.54, 1.807) is 11.1 Å². The van der Waals surface area contributed by atoms with Gasteiger partial charge in [0.2, 0.25) is 0 Å². The number of hydrogen-bond acceptors (Lipinski definition) is 5. The topological polar surface area (TPSA) is 54.5 Å². The van der Waals surface area contributed by atoms with Gasteiger partial charge in [-0.3, -0.25) is 5.32 Å². The van der Waals surface area contributed by atoms with Crippen LogP contribution in [0.1, 0.15) is 6.42 Å². The number of thiazole rings is 1. The molecule has 0 radical (unpaired) electrons. The van der Waals surface area contributed by atoms with Gasteiger partial charge in [0.05, 0.1) is 11.5 Å². The monoisotopic (exact) mass is 295 g/mol. The zero-order valence-electron chi connectivity index (χ0n) is 10.1. The molecule has 0 bridgehead atoms. The molecule has 1 aliphatic rings. The van der Waals surface area contributed by atoms with Crippen molar-refractivity contribution in [3.63, 3.8) is 0 Å². The maximum atomic E-state index is 12.0. The number of hydrogen-bond donors (Lipinski definition) is 1. The van der Waals surface area contributed by atoms with Crippen LogP contribution in [-0.2, 0) is 0 Å². The lowest BCUT2D eigenvalue weighted by atomic mass is 10.3. The van der Waals surface area contributed by atoms with Gasteiger partial charge in [0.15, 0.2) is 0 Å². The summed E-state index contributed by atoms with van der Waals surface area (Å²) in [6.45, 7) is 1.32. The third kappa shape index (κ3) is 3.05. The Balaban J connectivity index is 1.52. The SMILES string of the molecule is O=C(Nc1cccs1)N1CCC(Oc2nccs2)C1. The number of aromatic nitrogens is 1. The van der Waals surface area contributed by atoms with Crippen LogP contribution in [0.5, 0.6) is 5.19 Å². The Labute approximate surface area is 118 Å². The second kappa shape index (κ2) is 5.58. The number of carbonyl (C=O) groups is 1. The van der Waals surface area contributed by atoms with Crippen LogP contribution in [0.2, 0.25) is 0 Å². The fraction of sp³-hybridized carbons (Fsp3) is 0.333. The normalized spacial score (nSPS) is 18.5. The molecule has 1 aliphatic heterocycles. The van der Waals surface area contributed by atoms with Gasteiger partial charge in [-0.15, -0.1) is 11.3 Å². The highest BCUT2D eigenvalue weighted by molar-refractivity contribution is 7.14. The van der Waals surface area contributed by atoms with Crippen molar-refractivity contribution in [1.82, 2.24) is 9.88 Å². The molecule has 1 unspecified atom stereocenters. The van der Waals surface area contributed by atoms with Crippen molar-refractivity contribution < 1.29 is 9.53 Å². The highest BCUT2D eigenvalue weighted by atomic mass is 32.1. The van der Waals surface area contributed by atoms with Crippen LogP contribution >= 0.6 is 22.7 Å². The standard InChI is InChI=1S/C12H13N3O2S2/c16-11(14-10-2-1-6-18-10)15-5-3-9(8-15)17-12-13-4-7-19-12/h1-2,4,6-7,9H,3,5,8H2,(H,14,16). The number of urea groups is 1. The van der Waals surface area contributed by atoms with Gasteiger partial charge in [-0.1, -0.05) is 11.3 Å². The molecule has 0 aromatic carbocycles. The van der Waals surface area contributed by atoms with Crippen LogP contribution in [0.15, 0.2) is 29.1 Å². The Bertz CT molecular complexity index is 527. The van der Waals surface area contributed by atoms with Crippen LogP contribution in [0.3, 0.4) is 0 Å². The van der Waals surface area contributed by atoms with Gasteiger partial charge >= 0.3 is 6.03 Å². The number of amides is 2. The molecule has 1 saturated heterocycles. The van der Waals surface area contributed by atoms with E-state index in [1.165, 1.54) is 22.7 Å². The van der Waals surface area contributed by atoms with Crippen molar-refractivity contribution >= 4 is 33.7 Å². The molecule has 100 valence electrons. The Kier molecular flexibility index (Phi) is 3.65. The zero-order valence-corrected chi connectivity index (χ0v) is 11.7. The molecule has 2 aromatic rings. The molecule has 1 N–H and O–H groups in total. The molecule has 2 amide bonds. The van der Waals surface area contributed by atoms with Crippen molar-refractivity contribution in [2.45, 2.75) is 12.5 Å². The van der Waals surface area contributed by atoms with E-state index in [1.807, 2.05) is 22.9 Å². The van der Waals surface area contributed by atoms with E-state index in [0.29, 0.717) is 18.3 Å². The Morgan fingerprint density at radius 2 is 2.42 bits per heavy atom. The molecule has 5 nitrogen and oxygen atoms in total. The minimum Gasteiger partial charge on any atom is -0.465 e. The molecule has 0 spiro atoms. The summed E-state index contributed by atoms with van der Waals surface area (Å²) in [5.41, 5.74) is 0. The molecule has 1 fully saturated rings. The molecule has 19 heavy (non-hydrogen) atoms. The van der Waals surface area contributed by atoms with Crippen LogP contribution in [0.4, 0.5) is 9.80 Å². The molecule has 3 rings (SSSR count). The summed E-state index contributed by atoms with van der Waals surface area (Å²) in [7, 11) is 0. The third-order valence-corrected chi connectivity index (χ3v) is 4.31. The van der Waals surface area contributed by atoms with Crippen LogP contribution in [0.25, 0.3) is 0 Å². The van der Waals surface area contributed by atoms with E-state index >= 15 is 0 Å². The quantitative estimate of drug-likeness (QED) is 0.947. The molecule has 0 saturated carbocycles. The van der Waals surface area contributed by atoms with E-state index < -0.39 is 0 Å². The first kappa shape index (κ1) is 12.4. The first-order valence-electron chi connectivity index (χ1n) is 5.97. The molecule has 3 heterocycles. The first-order chi connectivity index (χ1) is 9.31. The maximum absolute atomic E-state index is 12.0. The van der Waals surface area contributed by atoms with Crippen molar-refractivity contribution in [1.29, 1.82) is 0 Å². The average molecular weight is 295 g/mol. The predicted molar refractivity (Wildman–Crippen MR) is 76.1 cm³/mol. The van der Waals surface area contributed by atoms with E-state index in [4.69, 9.17) is 4.74 Å². The summed E-state index contributed by atoms with van der Waals surface area (Å²) in [4.78, 5) is 17.9. The highest BCUT2D eigenvalue weighted by Gasteiger charge is 2.28. The maximum Gasteiger partial charge on any atom is 0.322 e. The lowest BCUT2D eigenvalue weighted by Gasteiger charge is -2.16. The second-order valence-electron chi connectivity index (χ2n) is 4.18. The number of rotatable bonds is 3. The summed E-state index contributed by atoms with van der Waals surface area (Å²) in [5, 5.41) is 8.24. The molecular weight excluding hydrogens is 282 g/mol. The van der Waals surface area contributed by atoms with E-state index in [2.05, 4.69) is 10.3 Å². The number of likely N-dealkylation sites (tertiary alicyclic amines) is 1. The Morgan fingerprint density at radius 3 is 3.16 bits per heavy atom. The molecule has 0 aliphatic carbocycles. The Hall–Kier alpha value is -1.60. The van der Waals surface area contributed by atoms with Crippen molar-refractivity contribution in [3.05, 3.63) is 29.1 Å². The van der Waals surface area contributed by atoms with Gasteiger partial charge in [0, 0.05) is 24.5 Å². The van der Waals surface area contributed by atoms with Crippen molar-refractivity contribution in [2.24, 2.45) is 0 Å². The average Bonchev–Trinajstić information content (AvgIpc) is 3.10. The fourth-order valence-electron chi connectivity index (χ4n) is 1.95. The van der Waals surface area contributed by atoms with Crippen molar-refractivity contribution in [2.75, 3.05) is 18.4 Å². The lowest BCUT2D eigenvalue weighted by molar-refractivity contribution is 0.194. The third-order valence-electron chi connectivity index (χ3n) is 2.86. The largest absolute Gasteiger partial charge is 0.465 e. The number of anilines is 1. The number of nitrogens with one attached hydrogen (secondary N) is 1. The van der Waals surface area contributed by atoms with Crippen LogP contribution in [-0.4, -0.2) is 35.1 Å². The lowest BCUT2D eigenvalue weighted by Crippen LogP contribution is -2.34. The zero-order chi connectivity index (χ0) is 13.1. The van der Waals surface area contributed by atoms with E-state index in [-0.39, 0.29) is 12.1 Å². The van der Waals surface area contributed by atoms with Gasteiger partial charge in [0.25, 0.3) is 5.19 Å². The van der Waals surface area contributed by atoms with Gasteiger partial charge in [-0.25, -0.2) is 9.78 Å². The summed E-state index contributed by atoms with van der Waals surface area (Å²) >= 11 is 2.99. The summed E-state index contributed by atoms with van der Waals surface area (Å²) in [6.07, 6.45) is 2.61. The fourth-order valence-corrected chi connectivity index (χ4v) is 3.11. The predicted octanol–water partition coefficient (Wildman–Crippen LogP) is 2.89. The first-order valence-corrected chi connectivity index (χ1v) is 7.73. The van der Waals surface area contributed by atoms with Gasteiger partial charge in [-0.2, -0.15) is 0 Å². The molecule has 2 aromatic heterocycles. The number of ether oxygens (including phenoxy) is 1. The molecular formula is C12H13N3O2S2. The highest BCUT2D eigenvalue weighted by Crippen LogP contribution is 2.21. The smallest absolute Gasteiger partial charge is 0.322 e. The van der Waals surface area contributed by atoms with Gasteiger partial charge in [0.1, 0.15) is 6.10 Å². The molecule has 7 heteroatoms. The number of nitrogens with zero attached hydrogens (tertiary/aromatic N) is 2.